The van der Waals surface area contributed by atoms with Crippen LogP contribution in [0.4, 0.5) is 43.7 Å². The van der Waals surface area contributed by atoms with E-state index in [9.17, 15) is 9.59 Å². The molecule has 7 aromatic rings. The molecule has 6 heteroatoms. The Bertz CT molecular complexity index is 2220. The van der Waals surface area contributed by atoms with E-state index < -0.39 is 0 Å². The number of amides is 4. The molecule has 0 atom stereocenters. The van der Waals surface area contributed by atoms with E-state index in [1.165, 1.54) is 0 Å². The predicted molar refractivity (Wildman–Crippen MR) is 194 cm³/mol. The summed E-state index contributed by atoms with van der Waals surface area (Å²) in [5.41, 5.74) is 4.94. The van der Waals surface area contributed by atoms with Crippen LogP contribution >= 0.6 is 0 Å². The van der Waals surface area contributed by atoms with E-state index in [1.807, 2.05) is 165 Å². The van der Waals surface area contributed by atoms with Gasteiger partial charge >= 0.3 is 12.1 Å². The van der Waals surface area contributed by atoms with Crippen LogP contribution in [-0.4, -0.2) is 12.1 Å². The van der Waals surface area contributed by atoms with Crippen molar-refractivity contribution in [3.05, 3.63) is 169 Å². The lowest BCUT2D eigenvalue weighted by Gasteiger charge is -2.25. The summed E-state index contributed by atoms with van der Waals surface area (Å²) in [6.07, 6.45) is 0. The number of carbonyl (C=O) groups is 2. The van der Waals surface area contributed by atoms with Gasteiger partial charge in [0.25, 0.3) is 0 Å². The molecule has 0 heterocycles. The maximum atomic E-state index is 14.0. The molecule has 2 N–H and O–H groups in total. The molecule has 0 aliphatic carbocycles. The highest BCUT2D eigenvalue weighted by atomic mass is 16.2. The Morgan fingerprint density at radius 3 is 1.38 bits per heavy atom. The Balaban J connectivity index is 1.18. The Kier molecular flexibility index (Phi) is 8.05. The summed E-state index contributed by atoms with van der Waals surface area (Å²) in [6.45, 7) is 1.93. The minimum atomic E-state index is -0.324. The molecule has 0 unspecified atom stereocenters. The smallest absolute Gasteiger partial charge is 0.307 e. The van der Waals surface area contributed by atoms with E-state index in [1.54, 1.807) is 15.9 Å². The molecule has 7 rings (SSSR count). The fraction of sp³-hybridized carbons (Fsp3) is 0.0244. The van der Waals surface area contributed by atoms with Gasteiger partial charge in [-0.15, -0.1) is 0 Å². The van der Waals surface area contributed by atoms with Crippen LogP contribution in [0.2, 0.25) is 0 Å². The van der Waals surface area contributed by atoms with Gasteiger partial charge in [0, 0.05) is 11.4 Å². The van der Waals surface area contributed by atoms with Crippen molar-refractivity contribution >= 4 is 67.7 Å². The van der Waals surface area contributed by atoms with Gasteiger partial charge in [0.05, 0.1) is 22.7 Å². The summed E-state index contributed by atoms with van der Waals surface area (Å²) in [7, 11) is 0. The van der Waals surface area contributed by atoms with Crippen molar-refractivity contribution in [2.75, 3.05) is 20.4 Å². The molecule has 7 aromatic carbocycles. The molecule has 0 saturated heterocycles. The van der Waals surface area contributed by atoms with Gasteiger partial charge in [0.2, 0.25) is 0 Å². The third-order valence-corrected chi connectivity index (χ3v) is 8.15. The number of para-hydroxylation sites is 2. The van der Waals surface area contributed by atoms with Crippen molar-refractivity contribution in [2.24, 2.45) is 0 Å². The molecule has 0 fully saturated rings. The molecule has 0 saturated carbocycles. The topological polar surface area (TPSA) is 64.7 Å². The van der Waals surface area contributed by atoms with Gasteiger partial charge in [-0.2, -0.15) is 0 Å². The van der Waals surface area contributed by atoms with Gasteiger partial charge in [-0.05, 0) is 94.7 Å². The first kappa shape index (κ1) is 29.3. The number of benzene rings is 7. The van der Waals surface area contributed by atoms with Crippen LogP contribution in [0.25, 0.3) is 21.5 Å². The number of nitrogens with zero attached hydrogens (tertiary/aromatic N) is 2. The largest absolute Gasteiger partial charge is 0.330 e. The lowest BCUT2D eigenvalue weighted by Crippen LogP contribution is -2.32. The fourth-order valence-electron chi connectivity index (χ4n) is 5.74. The van der Waals surface area contributed by atoms with Gasteiger partial charge in [-0.25, -0.2) is 9.59 Å². The van der Waals surface area contributed by atoms with Crippen molar-refractivity contribution in [3.63, 3.8) is 0 Å². The summed E-state index contributed by atoms with van der Waals surface area (Å²) in [5.74, 6) is 0. The van der Waals surface area contributed by atoms with E-state index in [4.69, 9.17) is 0 Å². The van der Waals surface area contributed by atoms with Crippen LogP contribution in [0.3, 0.4) is 0 Å². The highest BCUT2D eigenvalue weighted by Crippen LogP contribution is 2.32. The molecular weight excluding hydrogens is 580 g/mol. The van der Waals surface area contributed by atoms with Gasteiger partial charge in [-0.1, -0.05) is 103 Å². The SMILES string of the molecule is Cc1ccc(NC(=O)N(c2ccccc2)c2ccc3ccccc3c2)cc1NC(=O)N(c1ccccc1)c1ccc2ccccc2c1. The van der Waals surface area contributed by atoms with Crippen LogP contribution in [0.15, 0.2) is 164 Å². The zero-order valence-corrected chi connectivity index (χ0v) is 25.8. The lowest BCUT2D eigenvalue weighted by molar-refractivity contribution is 0.258. The number of anilines is 6. The average Bonchev–Trinajstić information content (AvgIpc) is 3.11. The summed E-state index contributed by atoms with van der Waals surface area (Å²) in [6, 6.07) is 52.0. The molecule has 228 valence electrons. The van der Waals surface area contributed by atoms with Gasteiger partial charge < -0.3 is 10.6 Å². The first-order chi connectivity index (χ1) is 23.0. The van der Waals surface area contributed by atoms with E-state index in [0.29, 0.717) is 11.4 Å². The van der Waals surface area contributed by atoms with Crippen molar-refractivity contribution < 1.29 is 9.59 Å². The number of urea groups is 2. The average molecular weight is 613 g/mol. The van der Waals surface area contributed by atoms with Crippen molar-refractivity contribution in [1.29, 1.82) is 0 Å². The first-order valence-corrected chi connectivity index (χ1v) is 15.4. The molecule has 0 aliphatic rings. The number of carbonyl (C=O) groups excluding carboxylic acids is 2. The molecule has 0 radical (unpaired) electrons. The van der Waals surface area contributed by atoms with Gasteiger partial charge in [-0.3, -0.25) is 9.80 Å². The summed E-state index contributed by atoms with van der Waals surface area (Å²) >= 11 is 0. The number of hydrogen-bond acceptors (Lipinski definition) is 2. The van der Waals surface area contributed by atoms with Crippen LogP contribution in [0, 0.1) is 6.92 Å². The van der Waals surface area contributed by atoms with E-state index in [2.05, 4.69) is 10.6 Å². The van der Waals surface area contributed by atoms with Crippen LogP contribution in [0.1, 0.15) is 5.56 Å². The van der Waals surface area contributed by atoms with E-state index in [0.717, 1.165) is 49.9 Å². The first-order valence-electron chi connectivity index (χ1n) is 15.4. The Hall–Kier alpha value is -6.40. The van der Waals surface area contributed by atoms with E-state index >= 15 is 0 Å². The molecule has 6 nitrogen and oxygen atoms in total. The van der Waals surface area contributed by atoms with Gasteiger partial charge in [0.15, 0.2) is 0 Å². The zero-order chi connectivity index (χ0) is 32.2. The molecule has 0 aliphatic heterocycles. The quantitative estimate of drug-likeness (QED) is 0.196. The maximum Gasteiger partial charge on any atom is 0.330 e. The predicted octanol–water partition coefficient (Wildman–Crippen LogP) is 11.0. The van der Waals surface area contributed by atoms with Crippen LogP contribution < -0.4 is 20.4 Å². The number of nitrogens with one attached hydrogen (secondary N) is 2. The Morgan fingerprint density at radius 2 is 0.872 bits per heavy atom. The summed E-state index contributed by atoms with van der Waals surface area (Å²) in [5, 5.41) is 10.4. The zero-order valence-electron chi connectivity index (χ0n) is 25.8. The number of aryl methyl sites for hydroxylation is 1. The third kappa shape index (κ3) is 6.26. The molecule has 0 aromatic heterocycles. The minimum absolute atomic E-state index is 0.319. The standard InChI is InChI=1S/C41H32N4O2/c1-29-20-23-34(42-40(46)44(35-16-4-2-5-17-35)37-24-21-30-12-8-10-14-32(30)26-37)28-39(29)43-41(47)45(36-18-6-3-7-19-36)38-25-22-31-13-9-11-15-33(31)27-38/h2-28H,1H3,(H,42,46)(H,43,47). The molecule has 4 amide bonds. The van der Waals surface area contributed by atoms with Crippen LogP contribution in [0.5, 0.6) is 0 Å². The summed E-state index contributed by atoms with van der Waals surface area (Å²) in [4.78, 5) is 31.3. The van der Waals surface area contributed by atoms with E-state index in [-0.39, 0.29) is 12.1 Å². The second-order valence-electron chi connectivity index (χ2n) is 11.3. The normalized spacial score (nSPS) is 10.8. The lowest BCUT2D eigenvalue weighted by atomic mass is 10.1. The monoisotopic (exact) mass is 612 g/mol. The number of rotatable bonds is 6. The third-order valence-electron chi connectivity index (χ3n) is 8.15. The minimum Gasteiger partial charge on any atom is -0.307 e. The number of hydrogen-bond donors (Lipinski definition) is 2. The highest BCUT2D eigenvalue weighted by molar-refractivity contribution is 6.10. The second-order valence-corrected chi connectivity index (χ2v) is 11.3. The number of fused-ring (bicyclic) bond motifs is 2. The van der Waals surface area contributed by atoms with Crippen molar-refractivity contribution in [2.45, 2.75) is 6.92 Å². The molecule has 0 bridgehead atoms. The Labute approximate surface area is 273 Å². The van der Waals surface area contributed by atoms with Crippen molar-refractivity contribution in [3.8, 4) is 0 Å². The molecule has 47 heavy (non-hydrogen) atoms. The molecule has 0 spiro atoms. The second kappa shape index (κ2) is 12.9. The van der Waals surface area contributed by atoms with Crippen LogP contribution in [-0.2, 0) is 0 Å². The molecular formula is C41H32N4O2. The Morgan fingerprint density at radius 1 is 0.426 bits per heavy atom. The highest BCUT2D eigenvalue weighted by Gasteiger charge is 2.21. The summed E-state index contributed by atoms with van der Waals surface area (Å²) < 4.78 is 0. The van der Waals surface area contributed by atoms with Gasteiger partial charge in [0.1, 0.15) is 0 Å². The van der Waals surface area contributed by atoms with Crippen molar-refractivity contribution in [1.82, 2.24) is 0 Å². The maximum absolute atomic E-state index is 14.0. The fourth-order valence-corrected chi connectivity index (χ4v) is 5.74.